The molecular weight excluding hydrogens is 282 g/mol. The molecule has 0 aromatic heterocycles. The average Bonchev–Trinajstić information content (AvgIpc) is 2.83. The molecule has 0 unspecified atom stereocenters. The standard InChI is InChI=1S/C17H21NO4/c1-10(2)16-15(20)14-11(3)8-13(19)12(17(14)22-16)9-18-4-6-21-7-5-18/h8,19H,4-7,9H2,1-3H3. The van der Waals surface area contributed by atoms with Gasteiger partial charge in [0.05, 0.1) is 24.3 Å². The molecule has 1 N–H and O–H groups in total. The van der Waals surface area contributed by atoms with Crippen LogP contribution in [-0.4, -0.2) is 42.1 Å². The summed E-state index contributed by atoms with van der Waals surface area (Å²) in [6, 6.07) is 1.66. The second kappa shape index (κ2) is 5.74. The summed E-state index contributed by atoms with van der Waals surface area (Å²) in [5, 5.41) is 10.3. The summed E-state index contributed by atoms with van der Waals surface area (Å²) in [4.78, 5) is 14.7. The lowest BCUT2D eigenvalue weighted by Crippen LogP contribution is -2.35. The fourth-order valence-electron chi connectivity index (χ4n) is 2.93. The Morgan fingerprint density at radius 2 is 2.00 bits per heavy atom. The number of ketones is 1. The molecule has 0 atom stereocenters. The van der Waals surface area contributed by atoms with Crippen LogP contribution in [-0.2, 0) is 11.3 Å². The highest BCUT2D eigenvalue weighted by Gasteiger charge is 2.34. The van der Waals surface area contributed by atoms with Crippen molar-refractivity contribution in [2.24, 2.45) is 0 Å². The van der Waals surface area contributed by atoms with Gasteiger partial charge in [-0.1, -0.05) is 0 Å². The van der Waals surface area contributed by atoms with Gasteiger partial charge in [-0.2, -0.15) is 0 Å². The van der Waals surface area contributed by atoms with Crippen molar-refractivity contribution >= 4 is 5.78 Å². The SMILES string of the molecule is CC(C)=C1Oc2c(CN3CCOCC3)c(O)cc(C)c2C1=O. The van der Waals surface area contributed by atoms with E-state index in [-0.39, 0.29) is 11.5 Å². The molecule has 5 nitrogen and oxygen atoms in total. The van der Waals surface area contributed by atoms with Gasteiger partial charge in [0.25, 0.3) is 0 Å². The van der Waals surface area contributed by atoms with E-state index in [9.17, 15) is 9.90 Å². The average molecular weight is 303 g/mol. The first-order valence-corrected chi connectivity index (χ1v) is 7.54. The third-order valence-electron chi connectivity index (χ3n) is 4.13. The molecule has 0 radical (unpaired) electrons. The summed E-state index contributed by atoms with van der Waals surface area (Å²) < 4.78 is 11.2. The number of phenols is 1. The smallest absolute Gasteiger partial charge is 0.232 e. The number of aryl methyl sites for hydroxylation is 1. The highest BCUT2D eigenvalue weighted by molar-refractivity contribution is 6.14. The van der Waals surface area contributed by atoms with Crippen molar-refractivity contribution < 1.29 is 19.4 Å². The van der Waals surface area contributed by atoms with Crippen LogP contribution < -0.4 is 4.74 Å². The maximum Gasteiger partial charge on any atom is 0.232 e. The van der Waals surface area contributed by atoms with Gasteiger partial charge in [-0.3, -0.25) is 9.69 Å². The summed E-state index contributed by atoms with van der Waals surface area (Å²) in [7, 11) is 0. The topological polar surface area (TPSA) is 59.0 Å². The van der Waals surface area contributed by atoms with Gasteiger partial charge < -0.3 is 14.6 Å². The van der Waals surface area contributed by atoms with Gasteiger partial charge in [0.1, 0.15) is 11.5 Å². The number of carbonyl (C=O) groups is 1. The van der Waals surface area contributed by atoms with E-state index >= 15 is 0 Å². The number of benzene rings is 1. The number of phenolic OH excluding ortho intramolecular Hbond substituents is 1. The molecule has 0 saturated carbocycles. The van der Waals surface area contributed by atoms with Crippen LogP contribution in [0.5, 0.6) is 11.5 Å². The first-order chi connectivity index (χ1) is 10.5. The zero-order valence-electron chi connectivity index (χ0n) is 13.2. The summed E-state index contributed by atoms with van der Waals surface area (Å²) in [6.45, 7) is 9.10. The molecule has 0 aliphatic carbocycles. The van der Waals surface area contributed by atoms with Crippen LogP contribution in [0, 0.1) is 6.92 Å². The van der Waals surface area contributed by atoms with E-state index in [1.54, 1.807) is 6.07 Å². The monoisotopic (exact) mass is 303 g/mol. The Morgan fingerprint density at radius 3 is 2.64 bits per heavy atom. The number of aromatic hydroxyl groups is 1. The molecule has 5 heteroatoms. The van der Waals surface area contributed by atoms with Crippen molar-refractivity contribution in [3.63, 3.8) is 0 Å². The molecule has 0 bridgehead atoms. The van der Waals surface area contributed by atoms with Crippen molar-refractivity contribution in [3.8, 4) is 11.5 Å². The lowest BCUT2D eigenvalue weighted by Gasteiger charge is -2.27. The number of rotatable bonds is 2. The van der Waals surface area contributed by atoms with E-state index in [0.717, 1.165) is 24.2 Å². The Kier molecular flexibility index (Phi) is 3.93. The van der Waals surface area contributed by atoms with Gasteiger partial charge in [0.15, 0.2) is 5.76 Å². The minimum absolute atomic E-state index is 0.0873. The van der Waals surface area contributed by atoms with Crippen molar-refractivity contribution in [1.82, 2.24) is 4.90 Å². The molecule has 1 saturated heterocycles. The van der Waals surface area contributed by atoms with Crippen LogP contribution in [0.25, 0.3) is 0 Å². The van der Waals surface area contributed by atoms with Gasteiger partial charge in [0, 0.05) is 19.6 Å². The Bertz CT molecular complexity index is 653. The maximum atomic E-state index is 12.5. The Labute approximate surface area is 130 Å². The van der Waals surface area contributed by atoms with Crippen LogP contribution in [0.4, 0.5) is 0 Å². The maximum absolute atomic E-state index is 12.5. The highest BCUT2D eigenvalue weighted by Crippen LogP contribution is 2.42. The zero-order chi connectivity index (χ0) is 15.9. The molecule has 1 aromatic rings. The predicted molar refractivity (Wildman–Crippen MR) is 82.3 cm³/mol. The number of nitrogens with zero attached hydrogens (tertiary/aromatic N) is 1. The molecule has 0 amide bonds. The number of hydrogen-bond donors (Lipinski definition) is 1. The molecule has 2 heterocycles. The molecule has 22 heavy (non-hydrogen) atoms. The number of carbonyl (C=O) groups excluding carboxylic acids is 1. The van der Waals surface area contributed by atoms with E-state index < -0.39 is 0 Å². The van der Waals surface area contributed by atoms with Crippen LogP contribution in [0.1, 0.15) is 35.3 Å². The van der Waals surface area contributed by atoms with Crippen LogP contribution in [0.3, 0.4) is 0 Å². The van der Waals surface area contributed by atoms with Gasteiger partial charge in [0.2, 0.25) is 5.78 Å². The van der Waals surface area contributed by atoms with E-state index in [0.29, 0.717) is 42.4 Å². The van der Waals surface area contributed by atoms with Gasteiger partial charge >= 0.3 is 0 Å². The fraction of sp³-hybridized carbons (Fsp3) is 0.471. The lowest BCUT2D eigenvalue weighted by molar-refractivity contribution is 0.0336. The number of hydrogen-bond acceptors (Lipinski definition) is 5. The van der Waals surface area contributed by atoms with Crippen LogP contribution >= 0.6 is 0 Å². The molecule has 0 spiro atoms. The largest absolute Gasteiger partial charge is 0.507 e. The van der Waals surface area contributed by atoms with Gasteiger partial charge in [-0.25, -0.2) is 0 Å². The van der Waals surface area contributed by atoms with Crippen LogP contribution in [0.2, 0.25) is 0 Å². The van der Waals surface area contributed by atoms with Gasteiger partial charge in [-0.05, 0) is 38.0 Å². The Balaban J connectivity index is 2.02. The molecule has 118 valence electrons. The summed E-state index contributed by atoms with van der Waals surface area (Å²) in [5.41, 5.74) is 2.86. The van der Waals surface area contributed by atoms with E-state index in [1.807, 2.05) is 20.8 Å². The number of ether oxygens (including phenoxy) is 2. The Hall–Kier alpha value is -1.85. The first-order valence-electron chi connectivity index (χ1n) is 7.54. The second-order valence-electron chi connectivity index (χ2n) is 6.04. The van der Waals surface area contributed by atoms with E-state index in [1.165, 1.54) is 0 Å². The van der Waals surface area contributed by atoms with E-state index in [2.05, 4.69) is 4.90 Å². The third kappa shape index (κ3) is 2.51. The lowest BCUT2D eigenvalue weighted by atomic mass is 9.99. The first kappa shape index (κ1) is 15.1. The quantitative estimate of drug-likeness (QED) is 0.850. The minimum atomic E-state index is -0.0873. The third-order valence-corrected chi connectivity index (χ3v) is 4.13. The highest BCUT2D eigenvalue weighted by atomic mass is 16.5. The predicted octanol–water partition coefficient (Wildman–Crippen LogP) is 2.40. The summed E-state index contributed by atoms with van der Waals surface area (Å²) >= 11 is 0. The minimum Gasteiger partial charge on any atom is -0.507 e. The molecule has 1 aromatic carbocycles. The zero-order valence-corrected chi connectivity index (χ0v) is 13.2. The van der Waals surface area contributed by atoms with Crippen molar-refractivity contribution in [2.75, 3.05) is 26.3 Å². The number of allylic oxidation sites excluding steroid dienone is 2. The van der Waals surface area contributed by atoms with Crippen LogP contribution in [0.15, 0.2) is 17.4 Å². The fourth-order valence-corrected chi connectivity index (χ4v) is 2.93. The van der Waals surface area contributed by atoms with E-state index in [4.69, 9.17) is 9.47 Å². The number of morpholine rings is 1. The Morgan fingerprint density at radius 1 is 1.32 bits per heavy atom. The summed E-state index contributed by atoms with van der Waals surface area (Å²) in [6.07, 6.45) is 0. The molecule has 2 aliphatic heterocycles. The van der Waals surface area contributed by atoms with Gasteiger partial charge in [-0.15, -0.1) is 0 Å². The molecular formula is C17H21NO4. The van der Waals surface area contributed by atoms with Crippen molar-refractivity contribution in [3.05, 3.63) is 34.1 Å². The van der Waals surface area contributed by atoms with Crippen molar-refractivity contribution in [1.29, 1.82) is 0 Å². The molecule has 1 fully saturated rings. The summed E-state index contributed by atoms with van der Waals surface area (Å²) in [5.74, 6) is 0.999. The molecule has 3 rings (SSSR count). The number of Topliss-reactive ketones (excluding diaryl/α,β-unsaturated/α-hetero) is 1. The molecule has 2 aliphatic rings. The normalized spacial score (nSPS) is 18.3. The number of fused-ring (bicyclic) bond motifs is 1. The van der Waals surface area contributed by atoms with Crippen molar-refractivity contribution in [2.45, 2.75) is 27.3 Å². The second-order valence-corrected chi connectivity index (χ2v) is 6.04.